The Hall–Kier alpha value is -2.87. The van der Waals surface area contributed by atoms with Crippen LogP contribution in [0.3, 0.4) is 0 Å². The molecule has 2 aromatic carbocycles. The van der Waals surface area contributed by atoms with Gasteiger partial charge in [-0.3, -0.25) is 14.5 Å². The number of hydrogen-bond donors (Lipinski definition) is 2. The first-order chi connectivity index (χ1) is 12.0. The number of nitrogens with zero attached hydrogens (tertiary/aromatic N) is 1. The first-order valence-electron chi connectivity index (χ1n) is 7.56. The molecule has 0 aliphatic carbocycles. The van der Waals surface area contributed by atoms with Crippen LogP contribution in [0.4, 0.5) is 0 Å². The lowest BCUT2D eigenvalue weighted by Crippen LogP contribution is -2.28. The Bertz CT molecular complexity index is 921. The van der Waals surface area contributed by atoms with Crippen LogP contribution < -0.4 is 14.8 Å². The molecule has 0 bridgehead atoms. The Morgan fingerprint density at radius 1 is 1.16 bits per heavy atom. The molecule has 2 N–H and O–H groups in total. The monoisotopic (exact) mass is 359 g/mol. The van der Waals surface area contributed by atoms with E-state index in [1.165, 1.54) is 6.07 Å². The lowest BCUT2D eigenvalue weighted by atomic mass is 10.2. The van der Waals surface area contributed by atoms with Crippen LogP contribution in [0, 0.1) is 0 Å². The molecule has 1 aliphatic heterocycles. The summed E-state index contributed by atoms with van der Waals surface area (Å²) in [6.07, 6.45) is 0. The van der Waals surface area contributed by atoms with E-state index in [9.17, 15) is 13.2 Å². The molecule has 0 unspecified atom stereocenters. The maximum Gasteiger partial charge on any atom is 0.263 e. The van der Waals surface area contributed by atoms with Crippen molar-refractivity contribution in [2.45, 2.75) is 11.4 Å². The molecule has 3 rings (SSSR count). The zero-order valence-corrected chi connectivity index (χ0v) is 14.3. The molecule has 0 radical (unpaired) electrons. The SMILES string of the molecule is COc1ccc(CNC(=O)CN=C2NS(=O)(=O)c3ccccc32)cc1. The number of sulfonamides is 1. The third-order valence-corrected chi connectivity index (χ3v) is 5.09. The Kier molecular flexibility index (Phi) is 4.71. The normalized spacial score (nSPS) is 16.1. The van der Waals surface area contributed by atoms with E-state index in [0.29, 0.717) is 12.1 Å². The Morgan fingerprint density at radius 3 is 2.60 bits per heavy atom. The number of rotatable bonds is 5. The predicted octanol–water partition coefficient (Wildman–Crippen LogP) is 1.05. The van der Waals surface area contributed by atoms with E-state index in [1.54, 1.807) is 25.3 Å². The summed E-state index contributed by atoms with van der Waals surface area (Å²) in [7, 11) is -2.00. The van der Waals surface area contributed by atoms with Gasteiger partial charge in [-0.2, -0.15) is 0 Å². The van der Waals surface area contributed by atoms with Crippen molar-refractivity contribution >= 4 is 21.8 Å². The number of amidine groups is 1. The van der Waals surface area contributed by atoms with Gasteiger partial charge in [-0.25, -0.2) is 8.42 Å². The molecule has 2 aromatic rings. The van der Waals surface area contributed by atoms with Crippen molar-refractivity contribution in [2.75, 3.05) is 13.7 Å². The second kappa shape index (κ2) is 6.94. The summed E-state index contributed by atoms with van der Waals surface area (Å²) in [6.45, 7) is 0.193. The lowest BCUT2D eigenvalue weighted by Gasteiger charge is -2.05. The Balaban J connectivity index is 1.61. The van der Waals surface area contributed by atoms with Crippen LogP contribution in [0.25, 0.3) is 0 Å². The minimum Gasteiger partial charge on any atom is -0.497 e. The summed E-state index contributed by atoms with van der Waals surface area (Å²) >= 11 is 0. The number of nitrogens with one attached hydrogen (secondary N) is 2. The van der Waals surface area contributed by atoms with Crippen molar-refractivity contribution in [3.63, 3.8) is 0 Å². The molecule has 1 aliphatic rings. The molecule has 0 spiro atoms. The molecular weight excluding hydrogens is 342 g/mol. The number of fused-ring (bicyclic) bond motifs is 1. The van der Waals surface area contributed by atoms with Crippen LogP contribution in [-0.4, -0.2) is 33.8 Å². The number of ether oxygens (including phenoxy) is 1. The maximum atomic E-state index is 12.0. The fraction of sp³-hybridized carbons (Fsp3) is 0.176. The van der Waals surface area contributed by atoms with Crippen molar-refractivity contribution in [1.82, 2.24) is 10.0 Å². The van der Waals surface area contributed by atoms with Crippen molar-refractivity contribution < 1.29 is 17.9 Å². The molecular formula is C17H17N3O4S. The number of benzene rings is 2. The number of aliphatic imine (C=N–C) groups is 1. The van der Waals surface area contributed by atoms with Crippen LogP contribution in [0.15, 0.2) is 58.4 Å². The zero-order valence-electron chi connectivity index (χ0n) is 13.5. The number of hydrogen-bond acceptors (Lipinski definition) is 5. The molecule has 0 fully saturated rings. The smallest absolute Gasteiger partial charge is 0.263 e. The lowest BCUT2D eigenvalue weighted by molar-refractivity contribution is -0.119. The van der Waals surface area contributed by atoms with Crippen molar-refractivity contribution in [2.24, 2.45) is 4.99 Å². The molecule has 25 heavy (non-hydrogen) atoms. The molecule has 8 heteroatoms. The fourth-order valence-electron chi connectivity index (χ4n) is 2.40. The molecule has 0 aromatic heterocycles. The first kappa shape index (κ1) is 17.0. The average Bonchev–Trinajstić information content (AvgIpc) is 2.89. The van der Waals surface area contributed by atoms with Crippen molar-refractivity contribution in [3.8, 4) is 5.75 Å². The fourth-order valence-corrected chi connectivity index (χ4v) is 3.65. The number of methoxy groups -OCH3 is 1. The number of carbonyl (C=O) groups is 1. The van der Waals surface area contributed by atoms with Gasteiger partial charge in [0.25, 0.3) is 10.0 Å². The number of carbonyl (C=O) groups excluding carboxylic acids is 1. The van der Waals surface area contributed by atoms with Crippen LogP contribution in [-0.2, 0) is 21.4 Å². The van der Waals surface area contributed by atoms with Gasteiger partial charge >= 0.3 is 0 Å². The second-order valence-electron chi connectivity index (χ2n) is 5.39. The third-order valence-electron chi connectivity index (χ3n) is 3.69. The van der Waals surface area contributed by atoms with Gasteiger partial charge in [-0.05, 0) is 29.8 Å². The highest BCUT2D eigenvalue weighted by molar-refractivity contribution is 7.90. The number of amides is 1. The van der Waals surface area contributed by atoms with Gasteiger partial charge in [-0.15, -0.1) is 0 Å². The van der Waals surface area contributed by atoms with Gasteiger partial charge in [-0.1, -0.05) is 24.3 Å². The van der Waals surface area contributed by atoms with Gasteiger partial charge in [0.15, 0.2) is 0 Å². The molecule has 1 amide bonds. The highest BCUT2D eigenvalue weighted by Gasteiger charge is 2.30. The zero-order chi connectivity index (χ0) is 17.9. The van der Waals surface area contributed by atoms with Crippen LogP contribution in [0.5, 0.6) is 5.75 Å². The highest BCUT2D eigenvalue weighted by Crippen LogP contribution is 2.21. The third kappa shape index (κ3) is 3.80. The van der Waals surface area contributed by atoms with Gasteiger partial charge in [0.2, 0.25) is 5.91 Å². The topological polar surface area (TPSA) is 96.9 Å². The maximum absolute atomic E-state index is 12.0. The molecule has 0 saturated carbocycles. The van der Waals surface area contributed by atoms with Gasteiger partial charge in [0, 0.05) is 12.1 Å². The highest BCUT2D eigenvalue weighted by atomic mass is 32.2. The standard InChI is InChI=1S/C17H17N3O4S/c1-24-13-8-6-12(7-9-13)10-18-16(21)11-19-17-14-4-2-3-5-15(14)25(22,23)20-17/h2-9H,10-11H2,1H3,(H,18,21)(H,19,20). The second-order valence-corrected chi connectivity index (χ2v) is 7.04. The van der Waals surface area contributed by atoms with E-state index >= 15 is 0 Å². The van der Waals surface area contributed by atoms with Crippen LogP contribution >= 0.6 is 0 Å². The van der Waals surface area contributed by atoms with E-state index < -0.39 is 10.0 Å². The van der Waals surface area contributed by atoms with Crippen LogP contribution in [0.1, 0.15) is 11.1 Å². The van der Waals surface area contributed by atoms with E-state index in [4.69, 9.17) is 4.74 Å². The van der Waals surface area contributed by atoms with E-state index in [-0.39, 0.29) is 23.2 Å². The van der Waals surface area contributed by atoms with E-state index in [0.717, 1.165) is 11.3 Å². The van der Waals surface area contributed by atoms with Gasteiger partial charge in [0.05, 0.1) is 12.0 Å². The van der Waals surface area contributed by atoms with Crippen molar-refractivity contribution in [1.29, 1.82) is 0 Å². The summed E-state index contributed by atoms with van der Waals surface area (Å²) < 4.78 is 31.4. The van der Waals surface area contributed by atoms with Gasteiger partial charge < -0.3 is 10.1 Å². The summed E-state index contributed by atoms with van der Waals surface area (Å²) in [5, 5.41) is 2.74. The molecule has 0 atom stereocenters. The Morgan fingerprint density at radius 2 is 1.88 bits per heavy atom. The molecule has 130 valence electrons. The van der Waals surface area contributed by atoms with E-state index in [2.05, 4.69) is 15.0 Å². The summed E-state index contributed by atoms with van der Waals surface area (Å²) in [4.78, 5) is 16.2. The Labute approximate surface area is 145 Å². The summed E-state index contributed by atoms with van der Waals surface area (Å²) in [5.41, 5.74) is 1.40. The molecule has 0 saturated heterocycles. The molecule has 7 nitrogen and oxygen atoms in total. The van der Waals surface area contributed by atoms with Crippen molar-refractivity contribution in [3.05, 3.63) is 59.7 Å². The summed E-state index contributed by atoms with van der Waals surface area (Å²) in [5.74, 6) is 0.635. The largest absolute Gasteiger partial charge is 0.497 e. The molecule has 1 heterocycles. The predicted molar refractivity (Wildman–Crippen MR) is 93.0 cm³/mol. The quantitative estimate of drug-likeness (QED) is 0.834. The van der Waals surface area contributed by atoms with E-state index in [1.807, 2.05) is 24.3 Å². The first-order valence-corrected chi connectivity index (χ1v) is 9.04. The van der Waals surface area contributed by atoms with Crippen LogP contribution in [0.2, 0.25) is 0 Å². The minimum absolute atomic E-state index is 0.164. The summed E-state index contributed by atoms with van der Waals surface area (Å²) in [6, 6.07) is 13.9. The average molecular weight is 359 g/mol. The van der Waals surface area contributed by atoms with Gasteiger partial charge in [0.1, 0.15) is 18.1 Å². The minimum atomic E-state index is -3.59.